The predicted octanol–water partition coefficient (Wildman–Crippen LogP) is 7.44. The summed E-state index contributed by atoms with van der Waals surface area (Å²) in [4.78, 5) is 58.9. The fourth-order valence-electron chi connectivity index (χ4n) is 5.77. The van der Waals surface area contributed by atoms with Gasteiger partial charge in [-0.15, -0.1) is 0 Å². The topological polar surface area (TPSA) is 93.6 Å². The van der Waals surface area contributed by atoms with E-state index in [0.29, 0.717) is 51.8 Å². The van der Waals surface area contributed by atoms with E-state index in [0.717, 1.165) is 10.0 Å². The number of nitrogens with zero attached hydrogens (tertiary/aromatic N) is 2. The third kappa shape index (κ3) is 5.72. The van der Waals surface area contributed by atoms with Gasteiger partial charge in [0.05, 0.1) is 34.3 Å². The minimum Gasteiger partial charge on any atom is -0.454 e. The lowest BCUT2D eigenvalue weighted by atomic mass is 9.81. The van der Waals surface area contributed by atoms with Gasteiger partial charge in [-0.2, -0.15) is 0 Å². The summed E-state index contributed by atoms with van der Waals surface area (Å²) >= 11 is 10.6. The number of amides is 2. The molecule has 4 aromatic rings. The molecule has 1 aliphatic heterocycles. The molecule has 1 aromatic heterocycles. The van der Waals surface area contributed by atoms with Crippen LogP contribution in [0.4, 0.5) is 5.69 Å². The maximum atomic E-state index is 13.3. The fourth-order valence-corrected chi connectivity index (χ4v) is 7.27. The van der Waals surface area contributed by atoms with Crippen molar-refractivity contribution >= 4 is 87.9 Å². The molecule has 0 radical (unpaired) electrons. The molecule has 3 aromatic carbocycles. The SMILES string of the molecule is Cc1cccc2c(C(=O)OCC(=O)c3ccc(Br)cc3)cc(-c3ccc(N4C(=O)C5CC(Br)C(Br)CC5C4=O)cc3)nc12. The summed E-state index contributed by atoms with van der Waals surface area (Å²) in [5, 5.41) is 0.618. The second-order valence-corrected chi connectivity index (χ2v) is 14.1. The van der Waals surface area contributed by atoms with Crippen LogP contribution < -0.4 is 4.90 Å². The molecule has 2 amide bonds. The van der Waals surface area contributed by atoms with Gasteiger partial charge in [-0.1, -0.05) is 90.3 Å². The van der Waals surface area contributed by atoms with E-state index < -0.39 is 12.6 Å². The van der Waals surface area contributed by atoms with Crippen molar-refractivity contribution < 1.29 is 23.9 Å². The van der Waals surface area contributed by atoms with Gasteiger partial charge in [-0.25, -0.2) is 9.78 Å². The van der Waals surface area contributed by atoms with Gasteiger partial charge in [0.1, 0.15) is 0 Å². The van der Waals surface area contributed by atoms with E-state index in [2.05, 4.69) is 47.8 Å². The monoisotopic (exact) mass is 766 g/mol. The second-order valence-electron chi connectivity index (χ2n) is 10.8. The second kappa shape index (κ2) is 12.1. The van der Waals surface area contributed by atoms with Crippen LogP contribution >= 0.6 is 47.8 Å². The van der Waals surface area contributed by atoms with Crippen molar-refractivity contribution in [2.45, 2.75) is 29.4 Å². The Balaban J connectivity index is 1.28. The molecule has 2 aliphatic rings. The van der Waals surface area contributed by atoms with Crippen LogP contribution in [-0.2, 0) is 14.3 Å². The number of aromatic nitrogens is 1. The number of halogens is 3. The first-order chi connectivity index (χ1) is 20.6. The van der Waals surface area contributed by atoms with Gasteiger partial charge >= 0.3 is 5.97 Å². The number of rotatable bonds is 6. The molecule has 6 rings (SSSR count). The number of alkyl halides is 2. The number of carbonyl (C=O) groups excluding carboxylic acids is 4. The Hall–Kier alpha value is -3.21. The highest BCUT2D eigenvalue weighted by Gasteiger charge is 2.52. The number of aryl methyl sites for hydroxylation is 1. The van der Waals surface area contributed by atoms with Crippen LogP contribution in [0.25, 0.3) is 22.2 Å². The van der Waals surface area contributed by atoms with E-state index in [1.807, 2.05) is 19.1 Å². The maximum Gasteiger partial charge on any atom is 0.339 e. The molecule has 2 heterocycles. The Morgan fingerprint density at radius 1 is 0.907 bits per heavy atom. The minimum absolute atomic E-state index is 0.134. The first-order valence-corrected chi connectivity index (χ1v) is 16.4. The summed E-state index contributed by atoms with van der Waals surface area (Å²) in [5.41, 5.74) is 3.98. The Labute approximate surface area is 273 Å². The van der Waals surface area contributed by atoms with Crippen molar-refractivity contribution in [3.63, 3.8) is 0 Å². The average Bonchev–Trinajstić information content (AvgIpc) is 3.24. The lowest BCUT2D eigenvalue weighted by Crippen LogP contribution is -2.34. The highest BCUT2D eigenvalue weighted by Crippen LogP contribution is 2.44. The van der Waals surface area contributed by atoms with Crippen molar-refractivity contribution in [2.75, 3.05) is 11.5 Å². The van der Waals surface area contributed by atoms with Crippen LogP contribution in [0, 0.1) is 18.8 Å². The molecule has 4 unspecified atom stereocenters. The highest BCUT2D eigenvalue weighted by molar-refractivity contribution is 9.12. The Morgan fingerprint density at radius 3 is 2.16 bits per heavy atom. The molecule has 2 fully saturated rings. The molecule has 0 spiro atoms. The lowest BCUT2D eigenvalue weighted by Gasteiger charge is -2.29. The first-order valence-electron chi connectivity index (χ1n) is 13.7. The van der Waals surface area contributed by atoms with Gasteiger partial charge in [0, 0.05) is 30.6 Å². The van der Waals surface area contributed by atoms with Crippen LogP contribution in [0.2, 0.25) is 0 Å². The molecule has 10 heteroatoms. The normalized spacial score (nSPS) is 21.6. The number of anilines is 1. The fraction of sp³-hybridized carbons (Fsp3) is 0.242. The molecule has 1 saturated heterocycles. The lowest BCUT2D eigenvalue weighted by molar-refractivity contribution is -0.122. The molecular weight excluding hydrogens is 744 g/mol. The number of hydrogen-bond donors (Lipinski definition) is 0. The summed E-state index contributed by atoms with van der Waals surface area (Å²) < 4.78 is 6.31. The maximum absolute atomic E-state index is 13.3. The number of ketones is 1. The van der Waals surface area contributed by atoms with Gasteiger partial charge in [0.2, 0.25) is 11.8 Å². The van der Waals surface area contributed by atoms with Crippen molar-refractivity contribution in [3.8, 4) is 11.3 Å². The van der Waals surface area contributed by atoms with Crippen molar-refractivity contribution in [1.82, 2.24) is 4.98 Å². The van der Waals surface area contributed by atoms with Crippen molar-refractivity contribution in [2.24, 2.45) is 11.8 Å². The Bertz CT molecular complexity index is 1750. The molecule has 0 N–H and O–H groups in total. The number of para-hydroxylation sites is 1. The van der Waals surface area contributed by atoms with Gasteiger partial charge in [-0.3, -0.25) is 19.3 Å². The number of benzene rings is 3. The largest absolute Gasteiger partial charge is 0.454 e. The number of ether oxygens (including phenoxy) is 1. The number of Topliss-reactive ketones (excluding diaryl/α,β-unsaturated/α-hetero) is 1. The molecule has 4 atom stereocenters. The van der Waals surface area contributed by atoms with Gasteiger partial charge < -0.3 is 4.74 Å². The third-order valence-corrected chi connectivity index (χ3v) is 11.4. The molecule has 0 bridgehead atoms. The van der Waals surface area contributed by atoms with Gasteiger partial charge in [-0.05, 0) is 55.7 Å². The van der Waals surface area contributed by atoms with Gasteiger partial charge in [0.25, 0.3) is 0 Å². The smallest absolute Gasteiger partial charge is 0.339 e. The minimum atomic E-state index is -0.632. The average molecular weight is 769 g/mol. The van der Waals surface area contributed by atoms with E-state index in [4.69, 9.17) is 9.72 Å². The Morgan fingerprint density at radius 2 is 1.53 bits per heavy atom. The summed E-state index contributed by atoms with van der Waals surface area (Å²) in [7, 11) is 0. The Kier molecular flexibility index (Phi) is 8.37. The van der Waals surface area contributed by atoms with E-state index in [9.17, 15) is 19.2 Å². The van der Waals surface area contributed by atoms with Crippen LogP contribution in [0.3, 0.4) is 0 Å². The zero-order valence-electron chi connectivity index (χ0n) is 22.9. The predicted molar refractivity (Wildman–Crippen MR) is 175 cm³/mol. The summed E-state index contributed by atoms with van der Waals surface area (Å²) in [6, 6.07) is 21.1. The number of fused-ring (bicyclic) bond motifs is 2. The van der Waals surface area contributed by atoms with Gasteiger partial charge in [0.15, 0.2) is 12.4 Å². The molecule has 1 aliphatic carbocycles. The van der Waals surface area contributed by atoms with Crippen LogP contribution in [-0.4, -0.2) is 44.8 Å². The van der Waals surface area contributed by atoms with E-state index in [1.54, 1.807) is 60.7 Å². The molecule has 43 heavy (non-hydrogen) atoms. The molecule has 7 nitrogen and oxygen atoms in total. The molecular formula is C33H25Br3N2O5. The zero-order valence-corrected chi connectivity index (χ0v) is 27.7. The quantitative estimate of drug-likeness (QED) is 0.0877. The van der Waals surface area contributed by atoms with E-state index >= 15 is 0 Å². The number of hydrogen-bond acceptors (Lipinski definition) is 6. The van der Waals surface area contributed by atoms with Crippen LogP contribution in [0.5, 0.6) is 0 Å². The first kappa shape index (κ1) is 29.8. The van der Waals surface area contributed by atoms with Crippen molar-refractivity contribution in [1.29, 1.82) is 0 Å². The molecule has 218 valence electrons. The number of pyridine rings is 1. The third-order valence-electron chi connectivity index (χ3n) is 8.09. The summed E-state index contributed by atoms with van der Waals surface area (Å²) in [6.07, 6.45) is 1.21. The van der Waals surface area contributed by atoms with E-state index in [1.165, 1.54) is 4.90 Å². The summed E-state index contributed by atoms with van der Waals surface area (Å²) in [5.74, 6) is -1.95. The number of esters is 1. The highest BCUT2D eigenvalue weighted by atomic mass is 79.9. The standard InChI is InChI=1S/C33H25Br3N2O5/c1-17-3-2-4-22-25(33(42)43-16-29(39)19-5-9-20(34)10-6-19)15-28(37-30(17)22)18-7-11-21(12-8-18)38-31(40)23-13-26(35)27(36)14-24(23)32(38)41/h2-12,15,23-24,26-27H,13-14,16H2,1H3. The van der Waals surface area contributed by atoms with E-state index in [-0.39, 0.29) is 39.1 Å². The number of carbonyl (C=O) groups is 4. The number of imide groups is 1. The van der Waals surface area contributed by atoms with Crippen LogP contribution in [0.1, 0.15) is 39.1 Å². The van der Waals surface area contributed by atoms with Crippen LogP contribution in [0.15, 0.2) is 77.3 Å². The zero-order chi connectivity index (χ0) is 30.4. The van der Waals surface area contributed by atoms with Crippen molar-refractivity contribution in [3.05, 3.63) is 94.0 Å². The summed E-state index contributed by atoms with van der Waals surface area (Å²) in [6.45, 7) is 1.51. The molecule has 1 saturated carbocycles.